The van der Waals surface area contributed by atoms with Gasteiger partial charge in [-0.2, -0.15) is 0 Å². The Morgan fingerprint density at radius 3 is 2.36 bits per heavy atom. The highest BCUT2D eigenvalue weighted by atomic mass is 15.2. The summed E-state index contributed by atoms with van der Waals surface area (Å²) in [4.78, 5) is 9.18. The maximum absolute atomic E-state index is 4.10. The third-order valence-electron chi connectivity index (χ3n) is 5.52. The van der Waals surface area contributed by atoms with Crippen molar-refractivity contribution in [1.82, 2.24) is 15.2 Å². The van der Waals surface area contributed by atoms with Crippen LogP contribution in [0.3, 0.4) is 0 Å². The minimum absolute atomic E-state index is 0.636. The Hall–Kier alpha value is -1.91. The van der Waals surface area contributed by atoms with Crippen LogP contribution >= 0.6 is 0 Å². The molecule has 0 spiro atoms. The number of hydrogen-bond acceptors (Lipinski definition) is 4. The van der Waals surface area contributed by atoms with Crippen molar-refractivity contribution in [2.75, 3.05) is 31.1 Å². The third-order valence-corrected chi connectivity index (χ3v) is 5.52. The van der Waals surface area contributed by atoms with Gasteiger partial charge in [0.05, 0.1) is 0 Å². The zero-order chi connectivity index (χ0) is 16.9. The Bertz CT molecular complexity index is 637. The Morgan fingerprint density at radius 2 is 1.60 bits per heavy atom. The molecular weight excluding hydrogens is 308 g/mol. The first-order valence-corrected chi connectivity index (χ1v) is 9.54. The van der Waals surface area contributed by atoms with E-state index in [-0.39, 0.29) is 0 Å². The van der Waals surface area contributed by atoms with Gasteiger partial charge in [0.25, 0.3) is 0 Å². The van der Waals surface area contributed by atoms with Crippen molar-refractivity contribution >= 4 is 5.69 Å². The summed E-state index contributed by atoms with van der Waals surface area (Å²) in [5.41, 5.74) is 2.73. The molecule has 0 radical (unpaired) electrons. The van der Waals surface area contributed by atoms with Crippen molar-refractivity contribution in [3.05, 3.63) is 60.4 Å². The van der Waals surface area contributed by atoms with Gasteiger partial charge in [0.1, 0.15) is 0 Å². The lowest BCUT2D eigenvalue weighted by Crippen LogP contribution is -2.46. The van der Waals surface area contributed by atoms with Crippen molar-refractivity contribution in [2.45, 2.75) is 37.9 Å². The van der Waals surface area contributed by atoms with E-state index in [1.807, 2.05) is 12.4 Å². The smallest absolute Gasteiger partial charge is 0.0366 e. The summed E-state index contributed by atoms with van der Waals surface area (Å²) in [5.74, 6) is 0. The molecule has 0 saturated carbocycles. The van der Waals surface area contributed by atoms with Crippen LogP contribution in [0, 0.1) is 0 Å². The van der Waals surface area contributed by atoms with Gasteiger partial charge in [-0.15, -0.1) is 0 Å². The zero-order valence-corrected chi connectivity index (χ0v) is 14.8. The summed E-state index contributed by atoms with van der Waals surface area (Å²) in [6, 6.07) is 16.4. The van der Waals surface area contributed by atoms with E-state index < -0.39 is 0 Å². The number of rotatable bonds is 5. The largest absolute Gasteiger partial charge is 0.370 e. The second-order valence-electron chi connectivity index (χ2n) is 7.34. The molecule has 2 saturated heterocycles. The van der Waals surface area contributed by atoms with Gasteiger partial charge in [0.2, 0.25) is 0 Å². The molecule has 1 N–H and O–H groups in total. The fourth-order valence-electron chi connectivity index (χ4n) is 4.11. The van der Waals surface area contributed by atoms with Crippen LogP contribution in [0.2, 0.25) is 0 Å². The molecule has 4 nitrogen and oxygen atoms in total. The van der Waals surface area contributed by atoms with Crippen molar-refractivity contribution < 1.29 is 0 Å². The molecule has 2 aliphatic heterocycles. The van der Waals surface area contributed by atoms with E-state index >= 15 is 0 Å². The van der Waals surface area contributed by atoms with E-state index in [0.717, 1.165) is 13.1 Å². The Balaban J connectivity index is 1.22. The van der Waals surface area contributed by atoms with Gasteiger partial charge in [0, 0.05) is 49.8 Å². The number of pyridine rings is 1. The predicted molar refractivity (Wildman–Crippen MR) is 103 cm³/mol. The second-order valence-corrected chi connectivity index (χ2v) is 7.34. The molecule has 2 aromatic rings. The highest BCUT2D eigenvalue weighted by Crippen LogP contribution is 2.21. The summed E-state index contributed by atoms with van der Waals surface area (Å²) >= 11 is 0. The van der Waals surface area contributed by atoms with E-state index in [4.69, 9.17) is 0 Å². The first-order chi connectivity index (χ1) is 12.4. The molecule has 0 bridgehead atoms. The van der Waals surface area contributed by atoms with Gasteiger partial charge in [-0.05, 0) is 62.2 Å². The molecule has 4 rings (SSSR count). The van der Waals surface area contributed by atoms with Gasteiger partial charge in [-0.3, -0.25) is 9.88 Å². The predicted octanol–water partition coefficient (Wildman–Crippen LogP) is 2.91. The van der Waals surface area contributed by atoms with E-state index in [9.17, 15) is 0 Å². The lowest BCUT2D eigenvalue weighted by atomic mass is 10.0. The minimum atomic E-state index is 0.636. The van der Waals surface area contributed by atoms with Crippen LogP contribution in [-0.4, -0.2) is 48.1 Å². The molecule has 0 unspecified atom stereocenters. The number of likely N-dealkylation sites (tertiary alicyclic amines) is 1. The highest BCUT2D eigenvalue weighted by Gasteiger charge is 2.26. The summed E-state index contributed by atoms with van der Waals surface area (Å²) < 4.78 is 0. The quantitative estimate of drug-likeness (QED) is 0.910. The lowest BCUT2D eigenvalue weighted by molar-refractivity contribution is 0.185. The number of anilines is 1. The molecule has 0 amide bonds. The first-order valence-electron chi connectivity index (χ1n) is 9.54. The molecule has 1 atom stereocenters. The number of aromatic nitrogens is 1. The van der Waals surface area contributed by atoms with E-state index in [1.165, 1.54) is 50.1 Å². The van der Waals surface area contributed by atoms with Gasteiger partial charge in [0.15, 0.2) is 0 Å². The minimum Gasteiger partial charge on any atom is -0.370 e. The van der Waals surface area contributed by atoms with Gasteiger partial charge in [-0.25, -0.2) is 0 Å². The molecule has 0 aliphatic carbocycles. The lowest BCUT2D eigenvalue weighted by Gasteiger charge is -2.34. The maximum atomic E-state index is 4.10. The third kappa shape index (κ3) is 4.39. The van der Waals surface area contributed by atoms with Crippen molar-refractivity contribution in [3.8, 4) is 0 Å². The van der Waals surface area contributed by atoms with Crippen molar-refractivity contribution in [3.63, 3.8) is 0 Å². The molecule has 4 heteroatoms. The summed E-state index contributed by atoms with van der Waals surface area (Å²) in [7, 11) is 0. The molecule has 25 heavy (non-hydrogen) atoms. The van der Waals surface area contributed by atoms with Crippen molar-refractivity contribution in [2.24, 2.45) is 0 Å². The number of nitrogens with one attached hydrogen (secondary N) is 1. The topological polar surface area (TPSA) is 31.4 Å². The number of hydrogen-bond donors (Lipinski definition) is 1. The van der Waals surface area contributed by atoms with Crippen LogP contribution in [0.1, 0.15) is 24.8 Å². The fourth-order valence-corrected chi connectivity index (χ4v) is 4.11. The maximum Gasteiger partial charge on any atom is 0.0366 e. The number of para-hydroxylation sites is 1. The monoisotopic (exact) mass is 336 g/mol. The van der Waals surface area contributed by atoms with E-state index in [2.05, 4.69) is 62.6 Å². The molecule has 3 heterocycles. The van der Waals surface area contributed by atoms with Crippen LogP contribution in [0.25, 0.3) is 0 Å². The van der Waals surface area contributed by atoms with Crippen LogP contribution < -0.4 is 10.2 Å². The van der Waals surface area contributed by atoms with Gasteiger partial charge in [-0.1, -0.05) is 18.2 Å². The average molecular weight is 336 g/mol. The van der Waals surface area contributed by atoms with Crippen LogP contribution in [0.4, 0.5) is 5.69 Å². The Kier molecular flexibility index (Phi) is 5.28. The van der Waals surface area contributed by atoms with Crippen LogP contribution in [0.5, 0.6) is 0 Å². The van der Waals surface area contributed by atoms with Gasteiger partial charge >= 0.3 is 0 Å². The molecule has 1 aromatic carbocycles. The Morgan fingerprint density at radius 1 is 0.880 bits per heavy atom. The second kappa shape index (κ2) is 7.98. The number of piperidine rings is 1. The van der Waals surface area contributed by atoms with E-state index in [1.54, 1.807) is 0 Å². The van der Waals surface area contributed by atoms with Crippen LogP contribution in [-0.2, 0) is 6.54 Å². The summed E-state index contributed by atoms with van der Waals surface area (Å²) in [5, 5.41) is 3.92. The summed E-state index contributed by atoms with van der Waals surface area (Å²) in [6.45, 7) is 5.74. The van der Waals surface area contributed by atoms with Crippen molar-refractivity contribution in [1.29, 1.82) is 0 Å². The number of nitrogens with zero attached hydrogens (tertiary/aromatic N) is 3. The van der Waals surface area contributed by atoms with Crippen LogP contribution in [0.15, 0.2) is 54.9 Å². The molecule has 2 fully saturated rings. The highest BCUT2D eigenvalue weighted by molar-refractivity contribution is 5.47. The average Bonchev–Trinajstić information content (AvgIpc) is 3.14. The molecule has 1 aromatic heterocycles. The summed E-state index contributed by atoms with van der Waals surface area (Å²) in [6.07, 6.45) is 7.55. The molecule has 132 valence electrons. The Labute approximate surface area is 150 Å². The normalized spacial score (nSPS) is 22.4. The molecule has 2 aliphatic rings. The van der Waals surface area contributed by atoms with E-state index in [0.29, 0.717) is 12.1 Å². The molecular formula is C21H28N4. The number of benzene rings is 1. The van der Waals surface area contributed by atoms with Gasteiger partial charge < -0.3 is 10.2 Å². The SMILES string of the molecule is c1ccc(N2CC[C@H](NC3CCN(Cc4ccncc4)CC3)C2)cc1. The fraction of sp³-hybridized carbons (Fsp3) is 0.476. The standard InChI is InChI=1S/C21H28N4/c1-2-4-21(5-3-1)25-15-10-20(17-25)23-19-8-13-24(14-9-19)16-18-6-11-22-12-7-18/h1-7,11-12,19-20,23H,8-10,13-17H2/t20-/m0/s1. The zero-order valence-electron chi connectivity index (χ0n) is 14.8. The first kappa shape index (κ1) is 16.6.